The number of fused-ring (bicyclic) bond motifs is 2. The molecule has 0 fully saturated rings. The molecule has 0 saturated heterocycles. The van der Waals surface area contributed by atoms with E-state index >= 15 is 4.57 Å². The third-order valence-corrected chi connectivity index (χ3v) is 22.5. The molecule has 6 aromatic rings. The Bertz CT molecular complexity index is 3370. The first-order chi connectivity index (χ1) is 37.0. The van der Waals surface area contributed by atoms with Crippen LogP contribution in [0.5, 0.6) is 0 Å². The molecule has 4 amide bonds. The number of amides is 4. The van der Waals surface area contributed by atoms with E-state index in [-0.39, 0.29) is 25.7 Å². The van der Waals surface area contributed by atoms with E-state index in [0.29, 0.717) is 11.1 Å². The molecule has 6 rings (SSSR count). The maximum absolute atomic E-state index is 15.7. The standard InChI is InChI=1S/C62H79N4O10PS2/c1-41(2)55(65-57(67)50(39-78(73,74)61(5,6)7)35-45-32-33-46-26-17-18-28-48(46)34-45)59(69)63-53(36-43-22-13-11-14-23-43)77(71,72)54(37-44-24-15-12-16-25-44)64-60(70)56(42(3)4)66-58(68)51(40-79(75,76)62(8,9)10)38-49-30-21-29-47-27-19-20-31-52(47)49/h11-34,41-42,50-51,53-56H,35-40H2,1-10H3,(H,63,69)(H,64,70)(H,65,67)(H,66,68)(H,71,72)/t50-,51-,53+,54+,55+,56+/m1/s1. The highest BCUT2D eigenvalue weighted by molar-refractivity contribution is 7.93. The summed E-state index contributed by atoms with van der Waals surface area (Å²) < 4.78 is 68.5. The Kier molecular flexibility index (Phi) is 20.4. The third kappa shape index (κ3) is 16.2. The van der Waals surface area contributed by atoms with Gasteiger partial charge in [-0.15, -0.1) is 0 Å². The largest absolute Gasteiger partial charge is 0.344 e. The van der Waals surface area contributed by atoms with E-state index in [0.717, 1.165) is 32.7 Å². The molecule has 14 nitrogen and oxygen atoms in total. The summed E-state index contributed by atoms with van der Waals surface area (Å²) in [5, 5.41) is 15.0. The number of rotatable bonds is 24. The van der Waals surface area contributed by atoms with Crippen LogP contribution >= 0.6 is 7.37 Å². The van der Waals surface area contributed by atoms with Gasteiger partial charge in [-0.25, -0.2) is 16.8 Å². The lowest BCUT2D eigenvalue weighted by Gasteiger charge is -2.34. The van der Waals surface area contributed by atoms with E-state index in [4.69, 9.17) is 0 Å². The number of hydrogen-bond donors (Lipinski definition) is 5. The minimum Gasteiger partial charge on any atom is -0.344 e. The van der Waals surface area contributed by atoms with Gasteiger partial charge in [0.25, 0.3) is 0 Å². The zero-order valence-electron chi connectivity index (χ0n) is 47.1. The second kappa shape index (κ2) is 25.9. The smallest absolute Gasteiger partial charge is 0.244 e. The Hall–Kier alpha value is -6.19. The minimum absolute atomic E-state index is 0.0389. The quantitative estimate of drug-likeness (QED) is 0.0361. The van der Waals surface area contributed by atoms with Crippen LogP contribution in [0.1, 0.15) is 91.5 Å². The molecule has 0 aromatic heterocycles. The van der Waals surface area contributed by atoms with E-state index in [2.05, 4.69) is 21.3 Å². The van der Waals surface area contributed by atoms with Crippen molar-refractivity contribution in [2.24, 2.45) is 23.7 Å². The molecule has 0 aliphatic carbocycles. The van der Waals surface area contributed by atoms with Crippen LogP contribution in [-0.4, -0.2) is 90.0 Å². The maximum Gasteiger partial charge on any atom is 0.244 e. The molecule has 0 aliphatic heterocycles. The van der Waals surface area contributed by atoms with E-state index in [9.17, 15) is 40.9 Å². The zero-order valence-corrected chi connectivity index (χ0v) is 49.6. The first kappa shape index (κ1) is 62.0. The highest BCUT2D eigenvalue weighted by Gasteiger charge is 2.45. The molecule has 0 aliphatic rings. The summed E-state index contributed by atoms with van der Waals surface area (Å²) in [5.74, 6) is -10.6. The molecular weight excluding hydrogens is 1060 g/mol. The Labute approximate surface area is 467 Å². The molecule has 0 heterocycles. The minimum atomic E-state index is -4.87. The van der Waals surface area contributed by atoms with Crippen LogP contribution in [0.3, 0.4) is 0 Å². The second-order valence-corrected chi connectivity index (χ2v) is 31.6. The maximum atomic E-state index is 15.7. The normalized spacial score (nSPS) is 15.6. The molecular formula is C62H79N4O10PS2. The van der Waals surface area contributed by atoms with Crippen molar-refractivity contribution in [1.29, 1.82) is 0 Å². The number of sulfone groups is 2. The summed E-state index contributed by atoms with van der Waals surface area (Å²) in [6.45, 7) is 16.2. The first-order valence-electron chi connectivity index (χ1n) is 27.0. The van der Waals surface area contributed by atoms with E-state index in [1.54, 1.807) is 130 Å². The molecule has 17 heteroatoms. The number of carbonyl (C=O) groups is 4. The summed E-state index contributed by atoms with van der Waals surface area (Å²) in [5.41, 5.74) is 2.62. The molecule has 0 radical (unpaired) electrons. The van der Waals surface area contributed by atoms with Crippen molar-refractivity contribution in [3.63, 3.8) is 0 Å². The average molecular weight is 1140 g/mol. The van der Waals surface area contributed by atoms with Crippen LogP contribution < -0.4 is 21.3 Å². The summed E-state index contributed by atoms with van der Waals surface area (Å²) in [6.07, 6.45) is -0.286. The molecule has 1 unspecified atom stereocenters. The fraction of sp³-hybridized carbons (Fsp3) is 0.419. The van der Waals surface area contributed by atoms with Crippen molar-refractivity contribution in [2.45, 2.75) is 128 Å². The van der Waals surface area contributed by atoms with Crippen molar-refractivity contribution in [2.75, 3.05) is 11.5 Å². The molecule has 6 aromatic carbocycles. The summed E-state index contributed by atoms with van der Waals surface area (Å²) in [6, 6.07) is 41.4. The van der Waals surface area contributed by atoms with Gasteiger partial charge in [0.15, 0.2) is 19.7 Å². The van der Waals surface area contributed by atoms with Crippen molar-refractivity contribution in [3.05, 3.63) is 168 Å². The zero-order chi connectivity index (χ0) is 58.1. The molecule has 0 saturated carbocycles. The van der Waals surface area contributed by atoms with Gasteiger partial charge >= 0.3 is 0 Å². The van der Waals surface area contributed by atoms with Gasteiger partial charge in [-0.05, 0) is 110 Å². The Morgan fingerprint density at radius 3 is 1.32 bits per heavy atom. The van der Waals surface area contributed by atoms with Crippen LogP contribution in [0, 0.1) is 23.7 Å². The second-order valence-electron chi connectivity index (χ2n) is 23.5. The van der Waals surface area contributed by atoms with E-state index < -0.39 is 119 Å². The lowest BCUT2D eigenvalue weighted by Crippen LogP contribution is -2.56. The summed E-state index contributed by atoms with van der Waals surface area (Å²) in [4.78, 5) is 71.6. The van der Waals surface area contributed by atoms with Crippen LogP contribution in [0.4, 0.5) is 0 Å². The molecule has 424 valence electrons. The molecule has 7 atom stereocenters. The topological polar surface area (TPSA) is 222 Å². The predicted octanol–water partition coefficient (Wildman–Crippen LogP) is 9.36. The van der Waals surface area contributed by atoms with Crippen LogP contribution in [0.2, 0.25) is 0 Å². The van der Waals surface area contributed by atoms with Crippen molar-refractivity contribution >= 4 is 72.2 Å². The van der Waals surface area contributed by atoms with Gasteiger partial charge in [-0.3, -0.25) is 23.7 Å². The van der Waals surface area contributed by atoms with Gasteiger partial charge in [0, 0.05) is 12.8 Å². The van der Waals surface area contributed by atoms with Gasteiger partial charge in [0.05, 0.1) is 32.8 Å². The summed E-state index contributed by atoms with van der Waals surface area (Å²) >= 11 is 0. The summed E-state index contributed by atoms with van der Waals surface area (Å²) in [7, 11) is -12.6. The van der Waals surface area contributed by atoms with Crippen molar-refractivity contribution in [1.82, 2.24) is 21.3 Å². The SMILES string of the molecule is CC(C)[C@H](NC(=O)[C@H](Cc1ccc2ccccc2c1)CS(=O)(=O)C(C)(C)C)C(=O)N[C@H](Cc1ccccc1)P(=O)(O)[C@@H](Cc1ccccc1)NC(=O)[C@@H](NC(=O)[C@H](Cc1cccc2ccccc12)CS(=O)(=O)C(C)(C)C)C(C)C. The number of nitrogens with one attached hydrogen (secondary N) is 4. The van der Waals surface area contributed by atoms with Gasteiger partial charge in [-0.2, -0.15) is 0 Å². The van der Waals surface area contributed by atoms with E-state index in [1.165, 1.54) is 0 Å². The van der Waals surface area contributed by atoms with Crippen molar-refractivity contribution in [3.8, 4) is 0 Å². The molecule has 0 bridgehead atoms. The van der Waals surface area contributed by atoms with Gasteiger partial charge in [0.2, 0.25) is 31.0 Å². The predicted molar refractivity (Wildman–Crippen MR) is 317 cm³/mol. The Balaban J connectivity index is 1.32. The highest BCUT2D eigenvalue weighted by atomic mass is 32.2. The lowest BCUT2D eigenvalue weighted by atomic mass is 9.94. The Morgan fingerprint density at radius 2 is 0.861 bits per heavy atom. The number of hydrogen-bond acceptors (Lipinski definition) is 9. The highest BCUT2D eigenvalue weighted by Crippen LogP contribution is 2.51. The number of benzene rings is 6. The van der Waals surface area contributed by atoms with Gasteiger partial charge in [0.1, 0.15) is 23.6 Å². The molecule has 0 spiro atoms. The Morgan fingerprint density at radius 1 is 0.456 bits per heavy atom. The fourth-order valence-corrected chi connectivity index (χ4v) is 14.0. The fourth-order valence-electron chi connectivity index (χ4n) is 9.43. The van der Waals surface area contributed by atoms with Crippen molar-refractivity contribution < 1.29 is 45.5 Å². The van der Waals surface area contributed by atoms with Gasteiger partial charge < -0.3 is 26.2 Å². The average Bonchev–Trinajstić information content (AvgIpc) is 3.41. The van der Waals surface area contributed by atoms with E-state index in [1.807, 2.05) is 84.9 Å². The monoisotopic (exact) mass is 1130 g/mol. The van der Waals surface area contributed by atoms with Crippen LogP contribution in [-0.2, 0) is 69.1 Å². The third-order valence-electron chi connectivity index (χ3n) is 14.6. The van der Waals surface area contributed by atoms with Gasteiger partial charge in [-0.1, -0.05) is 173 Å². The van der Waals surface area contributed by atoms with Crippen LogP contribution in [0.25, 0.3) is 21.5 Å². The molecule has 79 heavy (non-hydrogen) atoms. The lowest BCUT2D eigenvalue weighted by molar-refractivity contribution is -0.132. The first-order valence-corrected chi connectivity index (χ1v) is 32.1. The molecule has 5 N–H and O–H groups in total. The number of carbonyl (C=O) groups excluding carboxylic acids is 4. The van der Waals surface area contributed by atoms with Crippen LogP contribution in [0.15, 0.2) is 146 Å².